The van der Waals surface area contributed by atoms with E-state index in [1.807, 2.05) is 30.3 Å². The molecule has 0 amide bonds. The maximum absolute atomic E-state index is 4.36. The molecule has 6 nitrogen and oxygen atoms in total. The summed E-state index contributed by atoms with van der Waals surface area (Å²) in [7, 11) is 0. The topological polar surface area (TPSA) is 79.4 Å². The molecule has 84 valence electrons. The Bertz CT molecular complexity index is 619. The van der Waals surface area contributed by atoms with E-state index in [0.717, 1.165) is 16.7 Å². The molecule has 3 aromatic rings. The van der Waals surface area contributed by atoms with E-state index in [1.165, 1.54) is 0 Å². The van der Waals surface area contributed by atoms with E-state index in [4.69, 9.17) is 0 Å². The molecule has 0 radical (unpaired) electrons. The average molecular weight is 226 g/mol. The zero-order valence-electron chi connectivity index (χ0n) is 8.96. The minimum Gasteiger partial charge on any atom is -0.347 e. The fraction of sp³-hybridized carbons (Fsp3) is 0.0909. The number of hydrogen-bond donors (Lipinski definition) is 2. The number of nitrogens with zero attached hydrogens (tertiary/aromatic N) is 4. The summed E-state index contributed by atoms with van der Waals surface area (Å²) in [6, 6.07) is 9.52. The van der Waals surface area contributed by atoms with Crippen molar-refractivity contribution in [1.82, 2.24) is 25.4 Å². The number of benzene rings is 1. The van der Waals surface area contributed by atoms with Gasteiger partial charge in [-0.05, 0) is 18.2 Å². The molecule has 0 saturated carbocycles. The van der Waals surface area contributed by atoms with Gasteiger partial charge in [0.2, 0.25) is 5.95 Å². The Morgan fingerprint density at radius 2 is 1.94 bits per heavy atom. The van der Waals surface area contributed by atoms with Crippen molar-refractivity contribution in [1.29, 1.82) is 0 Å². The standard InChI is InChI=1S/C11H10N6/c1-2-4-10-9(3-1)14-11(17-16-10)12-7-8-5-6-13-15-8/h1-6H,7H2,(H,13,15)(H,12,14,17). The molecule has 17 heavy (non-hydrogen) atoms. The van der Waals surface area contributed by atoms with Gasteiger partial charge >= 0.3 is 0 Å². The second kappa shape index (κ2) is 4.17. The van der Waals surface area contributed by atoms with Crippen LogP contribution in [0.2, 0.25) is 0 Å². The molecule has 3 rings (SSSR count). The number of para-hydroxylation sites is 1. The van der Waals surface area contributed by atoms with Gasteiger partial charge in [0.15, 0.2) is 0 Å². The van der Waals surface area contributed by atoms with Crippen molar-refractivity contribution in [2.75, 3.05) is 5.32 Å². The van der Waals surface area contributed by atoms with E-state index >= 15 is 0 Å². The van der Waals surface area contributed by atoms with Gasteiger partial charge in [0.25, 0.3) is 0 Å². The zero-order chi connectivity index (χ0) is 11.5. The van der Waals surface area contributed by atoms with E-state index in [2.05, 4.69) is 30.7 Å². The lowest BCUT2D eigenvalue weighted by molar-refractivity contribution is 0.941. The molecule has 0 bridgehead atoms. The first kappa shape index (κ1) is 9.71. The summed E-state index contributed by atoms with van der Waals surface area (Å²) < 4.78 is 0. The minimum atomic E-state index is 0.512. The van der Waals surface area contributed by atoms with E-state index in [-0.39, 0.29) is 0 Å². The molecule has 0 saturated heterocycles. The number of H-pyrrole nitrogens is 1. The lowest BCUT2D eigenvalue weighted by Crippen LogP contribution is -2.05. The van der Waals surface area contributed by atoms with Crippen LogP contribution in [-0.4, -0.2) is 25.4 Å². The maximum Gasteiger partial charge on any atom is 0.243 e. The molecule has 1 aromatic carbocycles. The van der Waals surface area contributed by atoms with Crippen LogP contribution in [0.5, 0.6) is 0 Å². The fourth-order valence-electron chi connectivity index (χ4n) is 1.51. The molecule has 2 heterocycles. The Hall–Kier alpha value is -2.50. The van der Waals surface area contributed by atoms with Gasteiger partial charge in [-0.25, -0.2) is 4.98 Å². The second-order valence-electron chi connectivity index (χ2n) is 3.56. The summed E-state index contributed by atoms with van der Waals surface area (Å²) in [4.78, 5) is 4.36. The highest BCUT2D eigenvalue weighted by Crippen LogP contribution is 2.09. The number of hydrogen-bond acceptors (Lipinski definition) is 5. The van der Waals surface area contributed by atoms with Crippen molar-refractivity contribution in [2.45, 2.75) is 6.54 Å². The molecule has 0 atom stereocenters. The Balaban J connectivity index is 1.81. The third kappa shape index (κ3) is 2.05. The molecule has 2 aromatic heterocycles. The SMILES string of the molecule is c1ccc2nc(NCc3ccn[nH]3)nnc2c1. The van der Waals surface area contributed by atoms with Crippen molar-refractivity contribution >= 4 is 17.0 Å². The van der Waals surface area contributed by atoms with Gasteiger partial charge in [-0.2, -0.15) is 5.10 Å². The molecular weight excluding hydrogens is 216 g/mol. The third-order valence-corrected chi connectivity index (χ3v) is 2.36. The minimum absolute atomic E-state index is 0.512. The first-order valence-electron chi connectivity index (χ1n) is 5.23. The smallest absolute Gasteiger partial charge is 0.243 e. The molecule has 0 aliphatic rings. The van der Waals surface area contributed by atoms with Gasteiger partial charge < -0.3 is 5.32 Å². The van der Waals surface area contributed by atoms with Crippen LogP contribution in [0, 0.1) is 0 Å². The van der Waals surface area contributed by atoms with Crippen LogP contribution >= 0.6 is 0 Å². The van der Waals surface area contributed by atoms with Crippen LogP contribution in [0.25, 0.3) is 11.0 Å². The van der Waals surface area contributed by atoms with E-state index in [0.29, 0.717) is 12.5 Å². The summed E-state index contributed by atoms with van der Waals surface area (Å²) >= 11 is 0. The number of rotatable bonds is 3. The van der Waals surface area contributed by atoms with Crippen molar-refractivity contribution < 1.29 is 0 Å². The molecule has 0 aliphatic heterocycles. The summed E-state index contributed by atoms with van der Waals surface area (Å²) in [6.07, 6.45) is 1.70. The van der Waals surface area contributed by atoms with Crippen LogP contribution < -0.4 is 5.32 Å². The van der Waals surface area contributed by atoms with Crippen molar-refractivity contribution in [2.24, 2.45) is 0 Å². The summed E-state index contributed by atoms with van der Waals surface area (Å²) in [5.41, 5.74) is 2.59. The second-order valence-corrected chi connectivity index (χ2v) is 3.56. The monoisotopic (exact) mass is 226 g/mol. The van der Waals surface area contributed by atoms with Crippen LogP contribution in [0.15, 0.2) is 36.5 Å². The van der Waals surface area contributed by atoms with Gasteiger partial charge in [0, 0.05) is 6.20 Å². The number of fused-ring (bicyclic) bond motifs is 1. The van der Waals surface area contributed by atoms with Gasteiger partial charge in [0.1, 0.15) is 5.52 Å². The quantitative estimate of drug-likeness (QED) is 0.705. The van der Waals surface area contributed by atoms with Crippen LogP contribution in [0.1, 0.15) is 5.69 Å². The number of aromatic amines is 1. The van der Waals surface area contributed by atoms with Crippen molar-refractivity contribution in [3.05, 3.63) is 42.2 Å². The van der Waals surface area contributed by atoms with E-state index < -0.39 is 0 Å². The molecular formula is C11H10N6. The highest BCUT2D eigenvalue weighted by Gasteiger charge is 2.00. The van der Waals surface area contributed by atoms with Gasteiger partial charge in [-0.15, -0.1) is 10.2 Å². The molecule has 2 N–H and O–H groups in total. The number of nitrogens with one attached hydrogen (secondary N) is 2. The highest BCUT2D eigenvalue weighted by atomic mass is 15.2. The number of aromatic nitrogens is 5. The molecule has 6 heteroatoms. The maximum atomic E-state index is 4.36. The molecule has 0 fully saturated rings. The van der Waals surface area contributed by atoms with Crippen molar-refractivity contribution in [3.63, 3.8) is 0 Å². The summed E-state index contributed by atoms with van der Waals surface area (Å²) in [6.45, 7) is 0.597. The van der Waals surface area contributed by atoms with E-state index in [1.54, 1.807) is 6.20 Å². The van der Waals surface area contributed by atoms with Crippen molar-refractivity contribution in [3.8, 4) is 0 Å². The fourth-order valence-corrected chi connectivity index (χ4v) is 1.51. The Labute approximate surface area is 97.1 Å². The lowest BCUT2D eigenvalue weighted by Gasteiger charge is -2.02. The highest BCUT2D eigenvalue weighted by molar-refractivity contribution is 5.73. The first-order valence-corrected chi connectivity index (χ1v) is 5.23. The summed E-state index contributed by atoms with van der Waals surface area (Å²) in [5.74, 6) is 0.512. The predicted molar refractivity (Wildman–Crippen MR) is 63.2 cm³/mol. The molecule has 0 unspecified atom stereocenters. The number of anilines is 1. The average Bonchev–Trinajstić information content (AvgIpc) is 2.89. The largest absolute Gasteiger partial charge is 0.347 e. The Kier molecular flexibility index (Phi) is 2.38. The van der Waals surface area contributed by atoms with Gasteiger partial charge in [-0.1, -0.05) is 12.1 Å². The first-order chi connectivity index (χ1) is 8.42. The molecule has 0 aliphatic carbocycles. The normalized spacial score (nSPS) is 10.6. The predicted octanol–water partition coefficient (Wildman–Crippen LogP) is 1.36. The Morgan fingerprint density at radius 3 is 2.76 bits per heavy atom. The summed E-state index contributed by atoms with van der Waals surface area (Å²) in [5, 5.41) is 17.9. The van der Waals surface area contributed by atoms with E-state index in [9.17, 15) is 0 Å². The van der Waals surface area contributed by atoms with Crippen LogP contribution in [-0.2, 0) is 6.54 Å². The van der Waals surface area contributed by atoms with Gasteiger partial charge in [-0.3, -0.25) is 5.10 Å². The van der Waals surface area contributed by atoms with Crippen LogP contribution in [0.3, 0.4) is 0 Å². The van der Waals surface area contributed by atoms with Gasteiger partial charge in [0.05, 0.1) is 17.8 Å². The zero-order valence-corrected chi connectivity index (χ0v) is 8.96. The van der Waals surface area contributed by atoms with Crippen LogP contribution in [0.4, 0.5) is 5.95 Å². The third-order valence-electron chi connectivity index (χ3n) is 2.36. The lowest BCUT2D eigenvalue weighted by atomic mass is 10.3. The Morgan fingerprint density at radius 1 is 1.06 bits per heavy atom. The molecule has 0 spiro atoms.